The molecular formula is C20H15F3N4O2. The van der Waals surface area contributed by atoms with E-state index in [1.807, 2.05) is 6.07 Å². The number of halogens is 3. The van der Waals surface area contributed by atoms with Crippen LogP contribution in [0.25, 0.3) is 10.9 Å². The summed E-state index contributed by atoms with van der Waals surface area (Å²) in [6, 6.07) is 11.6. The van der Waals surface area contributed by atoms with Crippen molar-refractivity contribution in [1.29, 1.82) is 5.26 Å². The Bertz CT molecular complexity index is 1190. The number of nitrogens with zero attached hydrogens (tertiary/aromatic N) is 3. The number of para-hydroxylation sites is 1. The Labute approximate surface area is 163 Å². The fourth-order valence-corrected chi connectivity index (χ4v) is 2.93. The molecule has 0 unspecified atom stereocenters. The van der Waals surface area contributed by atoms with Crippen molar-refractivity contribution in [2.75, 3.05) is 5.43 Å². The van der Waals surface area contributed by atoms with Crippen molar-refractivity contribution in [2.24, 2.45) is 0 Å². The minimum absolute atomic E-state index is 0.00155. The SMILES string of the molecule is CCc1nc2c(C(F)(F)F)cccc2c(=O)n1NC(=O)Cc1cccc(C#N)c1. The van der Waals surface area contributed by atoms with Crippen molar-refractivity contribution in [3.63, 3.8) is 0 Å². The molecule has 0 spiro atoms. The predicted octanol–water partition coefficient (Wildman–Crippen LogP) is 3.16. The first kappa shape index (κ1) is 20.1. The molecule has 0 radical (unpaired) electrons. The number of rotatable bonds is 4. The lowest BCUT2D eigenvalue weighted by Gasteiger charge is -2.15. The Hall–Kier alpha value is -3.67. The van der Waals surface area contributed by atoms with Crippen LogP contribution < -0.4 is 11.0 Å². The van der Waals surface area contributed by atoms with E-state index >= 15 is 0 Å². The summed E-state index contributed by atoms with van der Waals surface area (Å²) in [5.74, 6) is -0.566. The lowest BCUT2D eigenvalue weighted by Crippen LogP contribution is -2.37. The van der Waals surface area contributed by atoms with Crippen LogP contribution in [0.3, 0.4) is 0 Å². The Morgan fingerprint density at radius 1 is 1.24 bits per heavy atom. The van der Waals surface area contributed by atoms with Crippen LogP contribution in [-0.2, 0) is 23.8 Å². The fourth-order valence-electron chi connectivity index (χ4n) is 2.93. The van der Waals surface area contributed by atoms with Crippen LogP contribution in [0.4, 0.5) is 13.2 Å². The second-order valence-electron chi connectivity index (χ2n) is 6.25. The zero-order chi connectivity index (χ0) is 21.2. The highest BCUT2D eigenvalue weighted by Crippen LogP contribution is 2.33. The van der Waals surface area contributed by atoms with E-state index in [1.54, 1.807) is 25.1 Å². The average Bonchev–Trinajstić information content (AvgIpc) is 2.68. The molecule has 0 aliphatic heterocycles. The number of amides is 1. The van der Waals surface area contributed by atoms with E-state index in [-0.39, 0.29) is 24.1 Å². The summed E-state index contributed by atoms with van der Waals surface area (Å²) in [6.45, 7) is 1.61. The molecule has 0 saturated heterocycles. The highest BCUT2D eigenvalue weighted by molar-refractivity contribution is 5.87. The van der Waals surface area contributed by atoms with Gasteiger partial charge in [0.2, 0.25) is 5.91 Å². The van der Waals surface area contributed by atoms with Gasteiger partial charge in [-0.3, -0.25) is 15.0 Å². The highest BCUT2D eigenvalue weighted by Gasteiger charge is 2.34. The average molecular weight is 400 g/mol. The van der Waals surface area contributed by atoms with Gasteiger partial charge in [0.25, 0.3) is 5.56 Å². The molecule has 0 aliphatic rings. The molecule has 0 bridgehead atoms. The number of benzene rings is 2. The van der Waals surface area contributed by atoms with Gasteiger partial charge >= 0.3 is 6.18 Å². The van der Waals surface area contributed by atoms with Crippen molar-refractivity contribution in [1.82, 2.24) is 9.66 Å². The first-order valence-corrected chi connectivity index (χ1v) is 8.65. The molecule has 0 fully saturated rings. The maximum atomic E-state index is 13.3. The highest BCUT2D eigenvalue weighted by atomic mass is 19.4. The van der Waals surface area contributed by atoms with Crippen LogP contribution >= 0.6 is 0 Å². The van der Waals surface area contributed by atoms with Gasteiger partial charge in [-0.1, -0.05) is 25.1 Å². The molecule has 0 saturated carbocycles. The van der Waals surface area contributed by atoms with Crippen LogP contribution in [0.2, 0.25) is 0 Å². The molecule has 148 valence electrons. The number of carbonyl (C=O) groups excluding carboxylic acids is 1. The zero-order valence-corrected chi connectivity index (χ0v) is 15.2. The molecule has 0 aliphatic carbocycles. The Morgan fingerprint density at radius 3 is 2.62 bits per heavy atom. The second kappa shape index (κ2) is 7.75. The fraction of sp³-hybridized carbons (Fsp3) is 0.200. The molecule has 6 nitrogen and oxygen atoms in total. The van der Waals surface area contributed by atoms with Gasteiger partial charge in [0, 0.05) is 6.42 Å². The molecule has 3 rings (SSSR count). The normalized spacial score (nSPS) is 11.3. The number of fused-ring (bicyclic) bond motifs is 1. The summed E-state index contributed by atoms with van der Waals surface area (Å²) < 4.78 is 40.6. The van der Waals surface area contributed by atoms with E-state index in [0.717, 1.165) is 16.8 Å². The van der Waals surface area contributed by atoms with Gasteiger partial charge in [-0.25, -0.2) is 9.66 Å². The molecular weight excluding hydrogens is 385 g/mol. The number of aromatic nitrogens is 2. The maximum absolute atomic E-state index is 13.3. The zero-order valence-electron chi connectivity index (χ0n) is 15.2. The first-order chi connectivity index (χ1) is 13.7. The smallest absolute Gasteiger partial charge is 0.273 e. The van der Waals surface area contributed by atoms with Crippen LogP contribution in [0, 0.1) is 11.3 Å². The third-order valence-electron chi connectivity index (χ3n) is 4.25. The van der Waals surface area contributed by atoms with E-state index in [9.17, 15) is 22.8 Å². The molecule has 3 aromatic rings. The van der Waals surface area contributed by atoms with Crippen molar-refractivity contribution in [3.05, 3.63) is 75.3 Å². The van der Waals surface area contributed by atoms with Gasteiger partial charge in [0.15, 0.2) is 0 Å². The maximum Gasteiger partial charge on any atom is 0.418 e. The standard InChI is InChI=1S/C20H15F3N4O2/c1-2-16-25-18-14(7-4-8-15(18)20(21,22)23)19(29)27(16)26-17(28)10-12-5-3-6-13(9-12)11-24/h3-9H,2,10H2,1H3,(H,26,28). The van der Waals surface area contributed by atoms with Gasteiger partial charge in [0.05, 0.1) is 34.5 Å². The molecule has 9 heteroatoms. The van der Waals surface area contributed by atoms with Crippen molar-refractivity contribution in [2.45, 2.75) is 25.9 Å². The molecule has 1 amide bonds. The number of alkyl halides is 3. The Morgan fingerprint density at radius 2 is 1.97 bits per heavy atom. The Balaban J connectivity index is 2.01. The lowest BCUT2D eigenvalue weighted by molar-refractivity contribution is -0.136. The third kappa shape index (κ3) is 4.11. The second-order valence-corrected chi connectivity index (χ2v) is 6.25. The number of nitrogens with one attached hydrogen (secondary N) is 1. The van der Waals surface area contributed by atoms with E-state index in [1.165, 1.54) is 12.1 Å². The summed E-state index contributed by atoms with van der Waals surface area (Å²) in [6.07, 6.45) is -4.65. The van der Waals surface area contributed by atoms with E-state index in [0.29, 0.717) is 11.1 Å². The first-order valence-electron chi connectivity index (χ1n) is 8.65. The van der Waals surface area contributed by atoms with Gasteiger partial charge in [-0.2, -0.15) is 18.4 Å². The third-order valence-corrected chi connectivity index (χ3v) is 4.25. The predicted molar refractivity (Wildman–Crippen MR) is 99.6 cm³/mol. The summed E-state index contributed by atoms with van der Waals surface area (Å²) in [4.78, 5) is 29.2. The van der Waals surface area contributed by atoms with Gasteiger partial charge in [-0.05, 0) is 29.8 Å². The van der Waals surface area contributed by atoms with Gasteiger partial charge in [0.1, 0.15) is 5.82 Å². The Kier molecular flexibility index (Phi) is 5.37. The van der Waals surface area contributed by atoms with Crippen LogP contribution in [0.1, 0.15) is 29.4 Å². The van der Waals surface area contributed by atoms with Gasteiger partial charge in [-0.15, -0.1) is 0 Å². The molecule has 0 atom stereocenters. The van der Waals surface area contributed by atoms with Crippen molar-refractivity contribution < 1.29 is 18.0 Å². The van der Waals surface area contributed by atoms with Crippen LogP contribution in [0.5, 0.6) is 0 Å². The van der Waals surface area contributed by atoms with Crippen LogP contribution in [0.15, 0.2) is 47.3 Å². The number of hydrogen-bond donors (Lipinski definition) is 1. The molecule has 1 heterocycles. The van der Waals surface area contributed by atoms with Gasteiger partial charge < -0.3 is 0 Å². The number of carbonyl (C=O) groups is 1. The molecule has 2 aromatic carbocycles. The lowest BCUT2D eigenvalue weighted by atomic mass is 10.1. The van der Waals surface area contributed by atoms with Crippen molar-refractivity contribution in [3.8, 4) is 6.07 Å². The van der Waals surface area contributed by atoms with Crippen molar-refractivity contribution >= 4 is 16.8 Å². The molecule has 1 N–H and O–H groups in total. The quantitative estimate of drug-likeness (QED) is 0.729. The number of aryl methyl sites for hydroxylation is 1. The minimum Gasteiger partial charge on any atom is -0.273 e. The minimum atomic E-state index is -4.66. The van der Waals surface area contributed by atoms with E-state index < -0.39 is 28.7 Å². The molecule has 29 heavy (non-hydrogen) atoms. The molecule has 1 aromatic heterocycles. The largest absolute Gasteiger partial charge is 0.418 e. The summed E-state index contributed by atoms with van der Waals surface area (Å²) in [7, 11) is 0. The summed E-state index contributed by atoms with van der Waals surface area (Å²) in [5.41, 5.74) is 1.09. The monoisotopic (exact) mass is 400 g/mol. The van der Waals surface area contributed by atoms with E-state index in [2.05, 4.69) is 10.4 Å². The summed E-state index contributed by atoms with van der Waals surface area (Å²) >= 11 is 0. The summed E-state index contributed by atoms with van der Waals surface area (Å²) in [5, 5.41) is 8.69. The van der Waals surface area contributed by atoms with Crippen LogP contribution in [-0.4, -0.2) is 15.6 Å². The number of hydrogen-bond acceptors (Lipinski definition) is 4. The topological polar surface area (TPSA) is 87.8 Å². The number of nitriles is 1. The van der Waals surface area contributed by atoms with E-state index in [4.69, 9.17) is 5.26 Å².